The van der Waals surface area contributed by atoms with E-state index in [0.29, 0.717) is 12.0 Å². The van der Waals surface area contributed by atoms with E-state index in [1.807, 2.05) is 14.0 Å². The number of aromatic nitrogens is 2. The first-order valence-electron chi connectivity index (χ1n) is 8.62. The SMILES string of the molecule is CO[C@H]1CCN(c2nnc(C)s2)C[C@@H]1Cc1ccccc1.O=C(O)C(F)(F)F. The number of rotatable bonds is 4. The summed E-state index contributed by atoms with van der Waals surface area (Å²) in [6.07, 6.45) is -2.66. The van der Waals surface area contributed by atoms with Gasteiger partial charge >= 0.3 is 12.1 Å². The smallest absolute Gasteiger partial charge is 0.475 e. The van der Waals surface area contributed by atoms with Crippen molar-refractivity contribution in [2.75, 3.05) is 25.1 Å². The fourth-order valence-electron chi connectivity index (χ4n) is 3.02. The van der Waals surface area contributed by atoms with Gasteiger partial charge in [0, 0.05) is 26.1 Å². The average Bonchev–Trinajstić information content (AvgIpc) is 3.09. The van der Waals surface area contributed by atoms with Crippen LogP contribution in [0.2, 0.25) is 0 Å². The van der Waals surface area contributed by atoms with Crippen LogP contribution in [0.25, 0.3) is 0 Å². The molecule has 0 amide bonds. The van der Waals surface area contributed by atoms with Crippen LogP contribution in [0.4, 0.5) is 18.3 Å². The zero-order chi connectivity index (χ0) is 20.7. The van der Waals surface area contributed by atoms with E-state index in [9.17, 15) is 13.2 Å². The Kier molecular flexibility index (Phi) is 7.76. The number of aryl methyl sites for hydroxylation is 1. The highest BCUT2D eigenvalue weighted by molar-refractivity contribution is 7.15. The number of anilines is 1. The molecule has 1 aliphatic heterocycles. The van der Waals surface area contributed by atoms with E-state index >= 15 is 0 Å². The van der Waals surface area contributed by atoms with E-state index in [1.54, 1.807) is 11.3 Å². The van der Waals surface area contributed by atoms with Gasteiger partial charge in [-0.15, -0.1) is 10.2 Å². The third-order valence-electron chi connectivity index (χ3n) is 4.34. The maximum Gasteiger partial charge on any atom is 0.490 e. The molecule has 6 nitrogen and oxygen atoms in total. The van der Waals surface area contributed by atoms with E-state index in [2.05, 4.69) is 45.4 Å². The van der Waals surface area contributed by atoms with Gasteiger partial charge in [-0.3, -0.25) is 0 Å². The van der Waals surface area contributed by atoms with E-state index in [1.165, 1.54) is 5.56 Å². The Balaban J connectivity index is 0.000000345. The van der Waals surface area contributed by atoms with Crippen LogP contribution < -0.4 is 4.90 Å². The molecule has 154 valence electrons. The van der Waals surface area contributed by atoms with Gasteiger partial charge in [0.05, 0.1) is 6.10 Å². The first kappa shape index (κ1) is 22.1. The number of nitrogens with zero attached hydrogens (tertiary/aromatic N) is 3. The van der Waals surface area contributed by atoms with Gasteiger partial charge < -0.3 is 14.7 Å². The van der Waals surface area contributed by atoms with Gasteiger partial charge in [-0.25, -0.2) is 4.79 Å². The minimum Gasteiger partial charge on any atom is -0.475 e. The van der Waals surface area contributed by atoms with Crippen LogP contribution in [-0.2, 0) is 16.0 Å². The Labute approximate surface area is 165 Å². The Morgan fingerprint density at radius 1 is 1.32 bits per heavy atom. The summed E-state index contributed by atoms with van der Waals surface area (Å²) in [6, 6.07) is 10.7. The molecule has 1 N–H and O–H groups in total. The van der Waals surface area contributed by atoms with Crippen LogP contribution in [0.15, 0.2) is 30.3 Å². The second-order valence-corrected chi connectivity index (χ2v) is 7.53. The molecule has 0 unspecified atom stereocenters. The fraction of sp³-hybridized carbons (Fsp3) is 0.500. The van der Waals surface area contributed by atoms with Crippen molar-refractivity contribution in [2.45, 2.75) is 32.0 Å². The summed E-state index contributed by atoms with van der Waals surface area (Å²) in [7, 11) is 1.83. The molecule has 3 rings (SSSR count). The molecule has 2 heterocycles. The molecule has 28 heavy (non-hydrogen) atoms. The second-order valence-electron chi connectivity index (χ2n) is 6.37. The Hall–Kier alpha value is -2.20. The molecule has 10 heteroatoms. The number of carbonyl (C=O) groups is 1. The summed E-state index contributed by atoms with van der Waals surface area (Å²) in [5.41, 5.74) is 1.37. The molecule has 2 aromatic rings. The monoisotopic (exact) mass is 417 g/mol. The van der Waals surface area contributed by atoms with Crippen LogP contribution in [-0.4, -0.2) is 53.8 Å². The highest BCUT2D eigenvalue weighted by Crippen LogP contribution is 2.29. The summed E-state index contributed by atoms with van der Waals surface area (Å²) in [5.74, 6) is -2.26. The number of alkyl halides is 3. The number of hydrogen-bond acceptors (Lipinski definition) is 6. The predicted octanol–water partition coefficient (Wildman–Crippen LogP) is 3.56. The van der Waals surface area contributed by atoms with E-state index < -0.39 is 12.1 Å². The topological polar surface area (TPSA) is 75.5 Å². The lowest BCUT2D eigenvalue weighted by Gasteiger charge is -2.37. The summed E-state index contributed by atoms with van der Waals surface area (Å²) < 4.78 is 37.4. The molecule has 2 atom stereocenters. The zero-order valence-electron chi connectivity index (χ0n) is 15.5. The molecule has 1 aromatic carbocycles. The minimum atomic E-state index is -5.08. The normalized spacial score (nSPS) is 19.7. The first-order chi connectivity index (χ1) is 13.2. The van der Waals surface area contributed by atoms with Gasteiger partial charge in [-0.1, -0.05) is 41.7 Å². The maximum absolute atomic E-state index is 10.6. The van der Waals surface area contributed by atoms with Crippen molar-refractivity contribution in [1.29, 1.82) is 0 Å². The molecule has 1 saturated heterocycles. The van der Waals surface area contributed by atoms with Crippen molar-refractivity contribution >= 4 is 22.4 Å². The van der Waals surface area contributed by atoms with Crippen LogP contribution in [0.1, 0.15) is 17.0 Å². The summed E-state index contributed by atoms with van der Waals surface area (Å²) in [6.45, 7) is 3.99. The van der Waals surface area contributed by atoms with Gasteiger partial charge in [-0.2, -0.15) is 13.2 Å². The van der Waals surface area contributed by atoms with Crippen LogP contribution in [0.5, 0.6) is 0 Å². The number of hydrogen-bond donors (Lipinski definition) is 1. The second kappa shape index (κ2) is 9.83. The number of halogens is 3. The third kappa shape index (κ3) is 6.45. The number of benzene rings is 1. The number of carboxylic acid groups (broad SMARTS) is 1. The predicted molar refractivity (Wildman–Crippen MR) is 99.6 cm³/mol. The molecule has 1 aromatic heterocycles. The lowest BCUT2D eigenvalue weighted by molar-refractivity contribution is -0.192. The molecule has 0 radical (unpaired) electrons. The Morgan fingerprint density at radius 2 is 1.96 bits per heavy atom. The molecule has 1 fully saturated rings. The number of ether oxygens (including phenoxy) is 1. The van der Waals surface area contributed by atoms with Crippen molar-refractivity contribution in [3.05, 3.63) is 40.9 Å². The highest BCUT2D eigenvalue weighted by atomic mass is 32.1. The lowest BCUT2D eigenvalue weighted by atomic mass is 9.89. The lowest BCUT2D eigenvalue weighted by Crippen LogP contribution is -2.45. The number of carboxylic acids is 1. The van der Waals surface area contributed by atoms with E-state index in [-0.39, 0.29) is 0 Å². The van der Waals surface area contributed by atoms with Crippen molar-refractivity contribution in [3.63, 3.8) is 0 Å². The zero-order valence-corrected chi connectivity index (χ0v) is 16.3. The largest absolute Gasteiger partial charge is 0.490 e. The number of methoxy groups -OCH3 is 1. The van der Waals surface area contributed by atoms with Crippen molar-refractivity contribution in [1.82, 2.24) is 10.2 Å². The quantitative estimate of drug-likeness (QED) is 0.820. The van der Waals surface area contributed by atoms with Crippen molar-refractivity contribution in [3.8, 4) is 0 Å². The Bertz CT molecular complexity index is 755. The van der Waals surface area contributed by atoms with Gasteiger partial charge in [0.1, 0.15) is 5.01 Å². The first-order valence-corrected chi connectivity index (χ1v) is 9.44. The molecule has 0 bridgehead atoms. The molecule has 0 saturated carbocycles. The van der Waals surface area contributed by atoms with Crippen molar-refractivity contribution in [2.24, 2.45) is 5.92 Å². The Morgan fingerprint density at radius 3 is 2.46 bits per heavy atom. The molecular weight excluding hydrogens is 395 g/mol. The maximum atomic E-state index is 10.6. The summed E-state index contributed by atoms with van der Waals surface area (Å²) in [5, 5.41) is 17.6. The summed E-state index contributed by atoms with van der Waals surface area (Å²) in [4.78, 5) is 11.3. The number of aliphatic carboxylic acids is 1. The highest BCUT2D eigenvalue weighted by Gasteiger charge is 2.38. The van der Waals surface area contributed by atoms with Gasteiger partial charge in [0.2, 0.25) is 5.13 Å². The van der Waals surface area contributed by atoms with E-state index in [0.717, 1.165) is 36.1 Å². The minimum absolute atomic E-state index is 0.329. The third-order valence-corrected chi connectivity index (χ3v) is 5.24. The molecule has 1 aliphatic rings. The van der Waals surface area contributed by atoms with Gasteiger partial charge in [0.25, 0.3) is 0 Å². The molecule has 0 aliphatic carbocycles. The van der Waals surface area contributed by atoms with Gasteiger partial charge in [0.15, 0.2) is 0 Å². The molecular formula is C18H22F3N3O3S. The summed E-state index contributed by atoms with van der Waals surface area (Å²) >= 11 is 1.67. The number of piperidine rings is 1. The van der Waals surface area contributed by atoms with Crippen LogP contribution in [0.3, 0.4) is 0 Å². The standard InChI is InChI=1S/C16H21N3OS.C2HF3O2/c1-12-17-18-16(21-12)19-9-8-15(20-2)14(11-19)10-13-6-4-3-5-7-13;3-2(4,5)1(6)7/h3-7,14-15H,8-11H2,1-2H3;(H,6,7)/t14-,15-;/m0./s1. The average molecular weight is 417 g/mol. The van der Waals surface area contributed by atoms with Gasteiger partial charge in [-0.05, 0) is 25.3 Å². The van der Waals surface area contributed by atoms with Crippen LogP contribution >= 0.6 is 11.3 Å². The van der Waals surface area contributed by atoms with E-state index in [4.69, 9.17) is 14.6 Å². The van der Waals surface area contributed by atoms with Crippen LogP contribution in [0, 0.1) is 12.8 Å². The fourth-order valence-corrected chi connectivity index (χ4v) is 3.74. The van der Waals surface area contributed by atoms with Crippen molar-refractivity contribution < 1.29 is 27.8 Å². The molecule has 0 spiro atoms.